The highest BCUT2D eigenvalue weighted by Gasteiger charge is 2.14. The number of hydrogen-bond acceptors (Lipinski definition) is 6. The maximum Gasteiger partial charge on any atom is 0.323 e. The third kappa shape index (κ3) is 5.67. The van der Waals surface area contributed by atoms with Gasteiger partial charge >= 0.3 is 6.03 Å². The summed E-state index contributed by atoms with van der Waals surface area (Å²) in [4.78, 5) is 23.3. The lowest BCUT2D eigenvalue weighted by atomic mass is 10.2. The number of halogens is 1. The Balaban J connectivity index is 1.38. The molecule has 0 saturated carbocycles. The molecule has 160 valence electrons. The highest BCUT2D eigenvalue weighted by atomic mass is 19.1. The maximum absolute atomic E-state index is 13.2. The zero-order valence-corrected chi connectivity index (χ0v) is 17.1. The van der Waals surface area contributed by atoms with Crippen molar-refractivity contribution in [2.45, 2.75) is 6.92 Å². The number of carbonyl (C=O) groups is 1. The molecular weight excluding hydrogens is 399 g/mol. The largest absolute Gasteiger partial charge is 0.378 e. The monoisotopic (exact) mass is 422 g/mol. The quantitative estimate of drug-likeness (QED) is 0.572. The van der Waals surface area contributed by atoms with E-state index in [1.165, 1.54) is 18.2 Å². The van der Waals surface area contributed by atoms with Crippen LogP contribution >= 0.6 is 0 Å². The normalized spacial score (nSPS) is 13.5. The number of ether oxygens (including phenoxy) is 1. The van der Waals surface area contributed by atoms with E-state index in [9.17, 15) is 9.18 Å². The van der Waals surface area contributed by atoms with Crippen molar-refractivity contribution in [2.24, 2.45) is 0 Å². The summed E-state index contributed by atoms with van der Waals surface area (Å²) < 4.78 is 18.6. The van der Waals surface area contributed by atoms with Gasteiger partial charge in [-0.05, 0) is 49.4 Å². The molecule has 0 unspecified atom stereocenters. The second-order valence-corrected chi connectivity index (χ2v) is 7.05. The van der Waals surface area contributed by atoms with Crippen LogP contribution in [0.1, 0.15) is 5.82 Å². The van der Waals surface area contributed by atoms with Gasteiger partial charge in [-0.25, -0.2) is 19.2 Å². The van der Waals surface area contributed by atoms with E-state index < -0.39 is 11.8 Å². The van der Waals surface area contributed by atoms with Crippen LogP contribution in [0.2, 0.25) is 0 Å². The van der Waals surface area contributed by atoms with Gasteiger partial charge in [-0.15, -0.1) is 0 Å². The van der Waals surface area contributed by atoms with Gasteiger partial charge in [0.15, 0.2) is 0 Å². The van der Waals surface area contributed by atoms with Crippen molar-refractivity contribution in [3.05, 3.63) is 66.2 Å². The fourth-order valence-electron chi connectivity index (χ4n) is 3.21. The van der Waals surface area contributed by atoms with Crippen LogP contribution in [0.3, 0.4) is 0 Å². The van der Waals surface area contributed by atoms with Crippen molar-refractivity contribution >= 4 is 34.7 Å². The van der Waals surface area contributed by atoms with Gasteiger partial charge in [-0.2, -0.15) is 0 Å². The summed E-state index contributed by atoms with van der Waals surface area (Å²) in [5.74, 6) is 1.83. The molecule has 2 heterocycles. The Kier molecular flexibility index (Phi) is 6.23. The van der Waals surface area contributed by atoms with E-state index in [-0.39, 0.29) is 0 Å². The first-order valence-electron chi connectivity index (χ1n) is 9.94. The average molecular weight is 422 g/mol. The molecule has 2 aromatic carbocycles. The van der Waals surface area contributed by atoms with Crippen LogP contribution in [0, 0.1) is 12.7 Å². The van der Waals surface area contributed by atoms with Crippen LogP contribution in [0.5, 0.6) is 0 Å². The van der Waals surface area contributed by atoms with Crippen molar-refractivity contribution in [3.63, 3.8) is 0 Å². The van der Waals surface area contributed by atoms with E-state index in [0.717, 1.165) is 24.6 Å². The Morgan fingerprint density at radius 2 is 1.68 bits per heavy atom. The Bertz CT molecular complexity index is 1050. The number of benzene rings is 2. The topological polar surface area (TPSA) is 91.4 Å². The number of aromatic nitrogens is 2. The molecule has 1 aliphatic rings. The first-order valence-corrected chi connectivity index (χ1v) is 9.94. The van der Waals surface area contributed by atoms with Gasteiger partial charge in [0.2, 0.25) is 0 Å². The lowest BCUT2D eigenvalue weighted by molar-refractivity contribution is 0.122. The number of anilines is 5. The number of carbonyl (C=O) groups excluding carboxylic acids is 1. The summed E-state index contributed by atoms with van der Waals surface area (Å²) in [5.41, 5.74) is 1.81. The van der Waals surface area contributed by atoms with Crippen LogP contribution in [0.25, 0.3) is 0 Å². The highest BCUT2D eigenvalue weighted by molar-refractivity contribution is 5.99. The van der Waals surface area contributed by atoms with Gasteiger partial charge in [0, 0.05) is 36.2 Å². The fraction of sp³-hybridized carbons (Fsp3) is 0.227. The Hall–Kier alpha value is -3.72. The van der Waals surface area contributed by atoms with E-state index >= 15 is 0 Å². The average Bonchev–Trinajstić information content (AvgIpc) is 2.75. The summed E-state index contributed by atoms with van der Waals surface area (Å²) in [5, 5.41) is 8.58. The minimum absolute atomic E-state index is 0.381. The second kappa shape index (κ2) is 9.40. The van der Waals surface area contributed by atoms with Gasteiger partial charge in [0.25, 0.3) is 0 Å². The molecule has 0 radical (unpaired) electrons. The van der Waals surface area contributed by atoms with Gasteiger partial charge in [0.1, 0.15) is 23.3 Å². The maximum atomic E-state index is 13.2. The Morgan fingerprint density at radius 1 is 0.968 bits per heavy atom. The molecule has 8 nitrogen and oxygen atoms in total. The van der Waals surface area contributed by atoms with Crippen LogP contribution < -0.4 is 20.9 Å². The lowest BCUT2D eigenvalue weighted by Gasteiger charge is -2.28. The molecule has 0 bridgehead atoms. The molecule has 1 saturated heterocycles. The van der Waals surface area contributed by atoms with Crippen molar-refractivity contribution in [1.82, 2.24) is 9.97 Å². The van der Waals surface area contributed by atoms with Crippen molar-refractivity contribution in [3.8, 4) is 0 Å². The van der Waals surface area contributed by atoms with Gasteiger partial charge in [-0.3, -0.25) is 0 Å². The Morgan fingerprint density at radius 3 is 2.42 bits per heavy atom. The van der Waals surface area contributed by atoms with Gasteiger partial charge in [-0.1, -0.05) is 6.07 Å². The van der Waals surface area contributed by atoms with Crippen molar-refractivity contribution < 1.29 is 13.9 Å². The van der Waals surface area contributed by atoms with Gasteiger partial charge < -0.3 is 25.6 Å². The Labute approximate surface area is 179 Å². The predicted octanol–water partition coefficient (Wildman–Crippen LogP) is 4.15. The number of nitrogens with zero attached hydrogens (tertiary/aromatic N) is 3. The summed E-state index contributed by atoms with van der Waals surface area (Å²) in [6.45, 7) is 4.83. The zero-order chi connectivity index (χ0) is 21.6. The number of urea groups is 1. The number of rotatable bonds is 5. The van der Waals surface area contributed by atoms with E-state index in [0.29, 0.717) is 36.2 Å². The number of morpholine rings is 1. The van der Waals surface area contributed by atoms with Crippen molar-refractivity contribution in [2.75, 3.05) is 47.2 Å². The van der Waals surface area contributed by atoms with E-state index in [1.807, 2.05) is 25.1 Å². The molecule has 9 heteroatoms. The number of hydrogen-bond donors (Lipinski definition) is 3. The lowest BCUT2D eigenvalue weighted by Crippen LogP contribution is -2.36. The van der Waals surface area contributed by atoms with Gasteiger partial charge in [0.05, 0.1) is 13.2 Å². The fourth-order valence-corrected chi connectivity index (χ4v) is 3.21. The minimum atomic E-state index is -0.451. The van der Waals surface area contributed by atoms with Crippen molar-refractivity contribution in [1.29, 1.82) is 0 Å². The van der Waals surface area contributed by atoms with E-state index in [2.05, 4.69) is 30.8 Å². The molecule has 0 spiro atoms. The number of nitrogens with one attached hydrogen (secondary N) is 3. The van der Waals surface area contributed by atoms with Crippen LogP contribution in [0.15, 0.2) is 54.6 Å². The molecule has 3 N–H and O–H groups in total. The molecular formula is C22H23FN6O2. The smallest absolute Gasteiger partial charge is 0.323 e. The number of aryl methyl sites for hydroxylation is 1. The zero-order valence-electron chi connectivity index (χ0n) is 17.1. The molecule has 4 rings (SSSR count). The molecule has 0 atom stereocenters. The highest BCUT2D eigenvalue weighted by Crippen LogP contribution is 2.22. The van der Waals surface area contributed by atoms with E-state index in [1.54, 1.807) is 18.2 Å². The van der Waals surface area contributed by atoms with Crippen LogP contribution in [0.4, 0.5) is 37.9 Å². The third-order valence-corrected chi connectivity index (χ3v) is 4.66. The summed E-state index contributed by atoms with van der Waals surface area (Å²) >= 11 is 0. The molecule has 1 aliphatic heterocycles. The molecule has 2 amide bonds. The molecule has 1 aromatic heterocycles. The third-order valence-electron chi connectivity index (χ3n) is 4.66. The molecule has 1 fully saturated rings. The SMILES string of the molecule is Cc1nc(Nc2ccc(NC(=O)Nc3cccc(F)c3)cc2)cc(N2CCOCC2)n1. The molecule has 31 heavy (non-hydrogen) atoms. The summed E-state index contributed by atoms with van der Waals surface area (Å²) in [6, 6.07) is 14.4. The first-order chi connectivity index (χ1) is 15.0. The summed E-state index contributed by atoms with van der Waals surface area (Å²) in [6.07, 6.45) is 0. The molecule has 0 aliphatic carbocycles. The molecule has 3 aromatic rings. The second-order valence-electron chi connectivity index (χ2n) is 7.05. The van der Waals surface area contributed by atoms with E-state index in [4.69, 9.17) is 4.74 Å². The van der Waals surface area contributed by atoms with Crippen LogP contribution in [-0.2, 0) is 4.74 Å². The summed E-state index contributed by atoms with van der Waals surface area (Å²) in [7, 11) is 0. The predicted molar refractivity (Wildman–Crippen MR) is 119 cm³/mol. The van der Waals surface area contributed by atoms with Crippen LogP contribution in [-0.4, -0.2) is 42.3 Å². The number of amides is 2. The standard InChI is InChI=1S/C22H23FN6O2/c1-15-24-20(14-21(25-15)29-9-11-31-12-10-29)26-17-5-7-18(8-6-17)27-22(30)28-19-4-2-3-16(23)13-19/h2-8,13-14H,9-12H2,1H3,(H,24,25,26)(H2,27,28,30). The first kappa shape index (κ1) is 20.5. The minimum Gasteiger partial charge on any atom is -0.378 e.